The fourth-order valence-corrected chi connectivity index (χ4v) is 2.62. The van der Waals surface area contributed by atoms with E-state index >= 15 is 0 Å². The number of aromatic nitrogens is 1. The lowest BCUT2D eigenvalue weighted by atomic mass is 9.92. The first-order chi connectivity index (χ1) is 10.3. The normalized spacial score (nSPS) is 21.7. The quantitative estimate of drug-likeness (QED) is 0.932. The average Bonchev–Trinajstić information content (AvgIpc) is 2.63. The van der Waals surface area contributed by atoms with Gasteiger partial charge in [0, 0.05) is 12.1 Å². The Bertz CT molecular complexity index is 599. The summed E-state index contributed by atoms with van der Waals surface area (Å²) in [6.07, 6.45) is -3.20. The Morgan fingerprint density at radius 1 is 1.55 bits per heavy atom. The summed E-state index contributed by atoms with van der Waals surface area (Å²) in [6.45, 7) is 5.54. The zero-order chi connectivity index (χ0) is 16.5. The molecule has 0 amide bonds. The van der Waals surface area contributed by atoms with Crippen molar-refractivity contribution in [3.05, 3.63) is 29.5 Å². The summed E-state index contributed by atoms with van der Waals surface area (Å²) in [5.41, 5.74) is 2.07. The molecule has 0 aliphatic carbocycles. The van der Waals surface area contributed by atoms with Crippen molar-refractivity contribution in [1.29, 1.82) is 0 Å². The lowest BCUT2D eigenvalue weighted by molar-refractivity contribution is -0.173. The summed E-state index contributed by atoms with van der Waals surface area (Å²) >= 11 is 0. The summed E-state index contributed by atoms with van der Waals surface area (Å²) in [5.74, 6) is -1.62. The molecule has 0 aromatic carbocycles. The van der Waals surface area contributed by atoms with Crippen molar-refractivity contribution in [3.63, 3.8) is 0 Å². The molecule has 120 valence electrons. The van der Waals surface area contributed by atoms with Crippen molar-refractivity contribution in [1.82, 2.24) is 10.3 Å². The minimum Gasteiger partial charge on any atom is -0.481 e. The van der Waals surface area contributed by atoms with Crippen LogP contribution in [0.15, 0.2) is 12.6 Å². The van der Waals surface area contributed by atoms with E-state index in [1.165, 1.54) is 7.11 Å². The Kier molecular flexibility index (Phi) is 4.55. The first kappa shape index (κ1) is 16.5. The van der Waals surface area contributed by atoms with Gasteiger partial charge in [0.25, 0.3) is 5.78 Å². The number of nitrogens with zero attached hydrogens (tertiary/aromatic N) is 1. The van der Waals surface area contributed by atoms with Crippen molar-refractivity contribution in [2.45, 2.75) is 38.0 Å². The monoisotopic (exact) mass is 314 g/mol. The molecule has 1 aromatic rings. The second-order valence-corrected chi connectivity index (χ2v) is 5.26. The van der Waals surface area contributed by atoms with Crippen molar-refractivity contribution >= 4 is 11.9 Å². The SMILES string of the molecule is C=Cc1cc2c(nc1OC)CNC(C(=O)C(F)(F)F)CC2C. The summed E-state index contributed by atoms with van der Waals surface area (Å²) in [6, 6.07) is 0.545. The molecule has 0 bridgehead atoms. The molecule has 7 heteroatoms. The van der Waals surface area contributed by atoms with Crippen LogP contribution in [-0.4, -0.2) is 30.1 Å². The molecule has 1 aliphatic rings. The van der Waals surface area contributed by atoms with Gasteiger partial charge in [-0.2, -0.15) is 13.2 Å². The van der Waals surface area contributed by atoms with E-state index in [1.807, 2.05) is 0 Å². The van der Waals surface area contributed by atoms with Crippen LogP contribution in [0.4, 0.5) is 13.2 Å². The third-order valence-corrected chi connectivity index (χ3v) is 3.77. The molecule has 0 spiro atoms. The largest absolute Gasteiger partial charge is 0.481 e. The molecule has 2 atom stereocenters. The molecule has 0 fully saturated rings. The van der Waals surface area contributed by atoms with E-state index in [-0.39, 0.29) is 18.9 Å². The predicted molar refractivity (Wildman–Crippen MR) is 75.6 cm³/mol. The van der Waals surface area contributed by atoms with Crippen LogP contribution < -0.4 is 10.1 Å². The van der Waals surface area contributed by atoms with Crippen LogP contribution in [0.3, 0.4) is 0 Å². The van der Waals surface area contributed by atoms with E-state index in [2.05, 4.69) is 16.9 Å². The van der Waals surface area contributed by atoms with E-state index in [0.29, 0.717) is 17.1 Å². The molecule has 22 heavy (non-hydrogen) atoms. The zero-order valence-corrected chi connectivity index (χ0v) is 12.3. The van der Waals surface area contributed by atoms with Crippen LogP contribution in [0.2, 0.25) is 0 Å². The molecule has 1 aromatic heterocycles. The standard InChI is InChI=1S/C15H17F3N2O2/c1-4-9-6-10-8(2)5-11(13(21)15(16,17)18)19-7-12(10)20-14(9)22-3/h4,6,8,11,19H,1,5,7H2,2-3H3. The number of ketones is 1. The lowest BCUT2D eigenvalue weighted by Gasteiger charge is -2.18. The molecule has 2 heterocycles. The maximum atomic E-state index is 12.6. The maximum Gasteiger partial charge on any atom is 0.451 e. The minimum absolute atomic E-state index is 0.0654. The van der Waals surface area contributed by atoms with Gasteiger partial charge in [-0.1, -0.05) is 19.6 Å². The van der Waals surface area contributed by atoms with Gasteiger partial charge in [-0.15, -0.1) is 0 Å². The van der Waals surface area contributed by atoms with E-state index in [9.17, 15) is 18.0 Å². The van der Waals surface area contributed by atoms with Gasteiger partial charge >= 0.3 is 6.18 Å². The smallest absolute Gasteiger partial charge is 0.451 e. The second kappa shape index (κ2) is 6.08. The number of hydrogen-bond acceptors (Lipinski definition) is 4. The van der Waals surface area contributed by atoms with E-state index in [0.717, 1.165) is 5.56 Å². The number of hydrogen-bond donors (Lipinski definition) is 1. The fourth-order valence-electron chi connectivity index (χ4n) is 2.62. The van der Waals surface area contributed by atoms with E-state index in [4.69, 9.17) is 4.74 Å². The van der Waals surface area contributed by atoms with Crippen LogP contribution >= 0.6 is 0 Å². The molecular weight excluding hydrogens is 297 g/mol. The molecule has 2 rings (SSSR count). The number of alkyl halides is 3. The number of ether oxygens (including phenoxy) is 1. The number of carbonyl (C=O) groups excluding carboxylic acids is 1. The van der Waals surface area contributed by atoms with Gasteiger partial charge in [0.05, 0.1) is 18.8 Å². The predicted octanol–water partition coefficient (Wildman–Crippen LogP) is 2.83. The van der Waals surface area contributed by atoms with Crippen LogP contribution in [0.5, 0.6) is 5.88 Å². The van der Waals surface area contributed by atoms with Crippen molar-refractivity contribution in [3.8, 4) is 5.88 Å². The Morgan fingerprint density at radius 2 is 2.23 bits per heavy atom. The molecule has 1 aliphatic heterocycles. The minimum atomic E-state index is -4.84. The number of Topliss-reactive ketones (excluding diaryl/α,β-unsaturated/α-hetero) is 1. The van der Waals surface area contributed by atoms with Crippen LogP contribution in [-0.2, 0) is 11.3 Å². The molecular formula is C15H17F3N2O2. The molecule has 4 nitrogen and oxygen atoms in total. The number of rotatable bonds is 3. The van der Waals surface area contributed by atoms with E-state index in [1.54, 1.807) is 19.1 Å². The van der Waals surface area contributed by atoms with Gasteiger partial charge in [0.2, 0.25) is 5.88 Å². The summed E-state index contributed by atoms with van der Waals surface area (Å²) in [4.78, 5) is 15.8. The maximum absolute atomic E-state index is 12.6. The summed E-state index contributed by atoms with van der Waals surface area (Å²) in [5, 5.41) is 2.65. The van der Waals surface area contributed by atoms with Gasteiger partial charge < -0.3 is 10.1 Å². The van der Waals surface area contributed by atoms with Gasteiger partial charge in [0.15, 0.2) is 0 Å². The van der Waals surface area contributed by atoms with Gasteiger partial charge in [0.1, 0.15) is 0 Å². The highest BCUT2D eigenvalue weighted by molar-refractivity contribution is 5.89. The highest BCUT2D eigenvalue weighted by Crippen LogP contribution is 2.32. The van der Waals surface area contributed by atoms with Crippen molar-refractivity contribution < 1.29 is 22.7 Å². The number of pyridine rings is 1. The van der Waals surface area contributed by atoms with Gasteiger partial charge in [-0.05, 0) is 24.0 Å². The number of nitrogens with one attached hydrogen (secondary N) is 1. The topological polar surface area (TPSA) is 51.2 Å². The Labute approximate surface area is 126 Å². The zero-order valence-electron chi connectivity index (χ0n) is 12.3. The van der Waals surface area contributed by atoms with Crippen LogP contribution in [0.1, 0.15) is 36.1 Å². The first-order valence-electron chi connectivity index (χ1n) is 6.82. The molecule has 0 saturated heterocycles. The molecule has 0 radical (unpaired) electrons. The van der Waals surface area contributed by atoms with Crippen LogP contribution in [0, 0.1) is 0 Å². The summed E-state index contributed by atoms with van der Waals surface area (Å²) < 4.78 is 43.0. The number of fused-ring (bicyclic) bond motifs is 1. The average molecular weight is 314 g/mol. The lowest BCUT2D eigenvalue weighted by Crippen LogP contribution is -2.43. The third-order valence-electron chi connectivity index (χ3n) is 3.77. The number of halogens is 3. The highest BCUT2D eigenvalue weighted by atomic mass is 19.4. The molecule has 1 N–H and O–H groups in total. The van der Waals surface area contributed by atoms with Crippen molar-refractivity contribution in [2.24, 2.45) is 0 Å². The number of carbonyl (C=O) groups is 1. The summed E-state index contributed by atoms with van der Waals surface area (Å²) in [7, 11) is 1.46. The Morgan fingerprint density at radius 3 is 2.77 bits per heavy atom. The Balaban J connectivity index is 2.35. The Hall–Kier alpha value is -1.89. The van der Waals surface area contributed by atoms with Gasteiger partial charge in [-0.3, -0.25) is 4.79 Å². The second-order valence-electron chi connectivity index (χ2n) is 5.26. The highest BCUT2D eigenvalue weighted by Gasteiger charge is 2.44. The van der Waals surface area contributed by atoms with Crippen molar-refractivity contribution in [2.75, 3.05) is 7.11 Å². The number of methoxy groups -OCH3 is 1. The van der Waals surface area contributed by atoms with Crippen LogP contribution in [0.25, 0.3) is 6.08 Å². The van der Waals surface area contributed by atoms with Gasteiger partial charge in [-0.25, -0.2) is 4.98 Å². The first-order valence-corrected chi connectivity index (χ1v) is 6.82. The molecule has 2 unspecified atom stereocenters. The molecule has 0 saturated carbocycles. The van der Waals surface area contributed by atoms with E-state index < -0.39 is 18.0 Å². The fraction of sp³-hybridized carbons (Fsp3) is 0.467. The third kappa shape index (κ3) is 3.14.